The summed E-state index contributed by atoms with van der Waals surface area (Å²) in [7, 11) is 0. The van der Waals surface area contributed by atoms with Crippen LogP contribution in [0.25, 0.3) is 22.3 Å². The number of aromatic amines is 1. The molecule has 2 aromatic carbocycles. The number of nitro groups is 1. The maximum atomic E-state index is 10.9. The van der Waals surface area contributed by atoms with E-state index >= 15 is 0 Å². The molecule has 0 bridgehead atoms. The van der Waals surface area contributed by atoms with Crippen molar-refractivity contribution >= 4 is 28.4 Å². The number of thioether (sulfide) groups is 1. The predicted molar refractivity (Wildman–Crippen MR) is 126 cm³/mol. The Morgan fingerprint density at radius 3 is 3.00 bits per heavy atom. The first-order chi connectivity index (χ1) is 16.2. The summed E-state index contributed by atoms with van der Waals surface area (Å²) in [6, 6.07) is 14.3. The Morgan fingerprint density at radius 2 is 2.15 bits per heavy atom. The van der Waals surface area contributed by atoms with Crippen LogP contribution in [-0.4, -0.2) is 49.7 Å². The van der Waals surface area contributed by atoms with E-state index in [1.807, 2.05) is 24.4 Å². The number of fused-ring (bicyclic) bond motifs is 1. The number of para-hydroxylation sites is 1. The zero-order valence-corrected chi connectivity index (χ0v) is 18.7. The Labute approximate surface area is 194 Å². The van der Waals surface area contributed by atoms with Gasteiger partial charge in [0, 0.05) is 41.1 Å². The number of hydrogen-bond donors (Lipinski definition) is 1. The van der Waals surface area contributed by atoms with Crippen LogP contribution in [0.3, 0.4) is 0 Å². The standard InChI is InChI=1S/C23H23N5O4S/c29-28(30)16-5-3-6-17(13-16)32-11-12-33-23-26-25-22(27(23)15-18-7-4-10-31-18)20-14-24-21-9-2-1-8-19(20)21/h1-3,5-6,8-9,13-14,18,24H,4,7,10-12,15H2. The fraction of sp³-hybridized carbons (Fsp3) is 0.304. The Kier molecular flexibility index (Phi) is 6.27. The van der Waals surface area contributed by atoms with Crippen molar-refractivity contribution in [3.63, 3.8) is 0 Å². The summed E-state index contributed by atoms with van der Waals surface area (Å²) in [4.78, 5) is 13.8. The molecule has 2 aromatic heterocycles. The van der Waals surface area contributed by atoms with E-state index < -0.39 is 4.92 Å². The second-order valence-corrected chi connectivity index (χ2v) is 8.81. The van der Waals surface area contributed by atoms with Crippen LogP contribution in [0.1, 0.15) is 12.8 Å². The Bertz CT molecular complexity index is 1260. The predicted octanol–water partition coefficient (Wildman–Crippen LogP) is 4.68. The first kappa shape index (κ1) is 21.5. The lowest BCUT2D eigenvalue weighted by molar-refractivity contribution is -0.384. The van der Waals surface area contributed by atoms with Gasteiger partial charge in [-0.2, -0.15) is 0 Å². The number of nitro benzene ring substituents is 1. The molecule has 0 spiro atoms. The van der Waals surface area contributed by atoms with Crippen LogP contribution in [0.5, 0.6) is 5.75 Å². The normalized spacial score (nSPS) is 15.8. The number of ether oxygens (including phenoxy) is 2. The van der Waals surface area contributed by atoms with E-state index in [1.165, 1.54) is 12.1 Å². The van der Waals surface area contributed by atoms with Gasteiger partial charge in [-0.3, -0.25) is 14.7 Å². The van der Waals surface area contributed by atoms with Crippen molar-refractivity contribution in [1.29, 1.82) is 0 Å². The lowest BCUT2D eigenvalue weighted by Crippen LogP contribution is -2.17. The second-order valence-electron chi connectivity index (χ2n) is 7.75. The minimum absolute atomic E-state index is 0.0137. The summed E-state index contributed by atoms with van der Waals surface area (Å²) >= 11 is 1.55. The quantitative estimate of drug-likeness (QED) is 0.165. The van der Waals surface area contributed by atoms with E-state index in [0.717, 1.165) is 46.9 Å². The van der Waals surface area contributed by atoms with E-state index in [2.05, 4.69) is 25.8 Å². The fourth-order valence-electron chi connectivity index (χ4n) is 3.99. The van der Waals surface area contributed by atoms with Crippen LogP contribution in [0.15, 0.2) is 59.9 Å². The molecule has 9 nitrogen and oxygen atoms in total. The van der Waals surface area contributed by atoms with Gasteiger partial charge in [-0.15, -0.1) is 10.2 Å². The molecule has 1 aliphatic rings. The number of rotatable bonds is 9. The summed E-state index contributed by atoms with van der Waals surface area (Å²) in [5.41, 5.74) is 2.08. The molecule has 0 aliphatic carbocycles. The van der Waals surface area contributed by atoms with Crippen molar-refractivity contribution in [2.75, 3.05) is 19.0 Å². The molecule has 1 N–H and O–H groups in total. The van der Waals surface area contributed by atoms with E-state index in [0.29, 0.717) is 24.7 Å². The third-order valence-corrected chi connectivity index (χ3v) is 6.50. The average Bonchev–Trinajstić information content (AvgIpc) is 3.58. The van der Waals surface area contributed by atoms with Gasteiger partial charge < -0.3 is 14.5 Å². The zero-order chi connectivity index (χ0) is 22.6. The minimum atomic E-state index is -0.429. The van der Waals surface area contributed by atoms with Gasteiger partial charge in [-0.1, -0.05) is 36.0 Å². The lowest BCUT2D eigenvalue weighted by atomic mass is 10.1. The molecule has 5 rings (SSSR count). The van der Waals surface area contributed by atoms with Crippen LogP contribution in [0.2, 0.25) is 0 Å². The van der Waals surface area contributed by atoms with Gasteiger partial charge >= 0.3 is 0 Å². The molecule has 170 valence electrons. The number of nitrogens with zero attached hydrogens (tertiary/aromatic N) is 4. The molecule has 10 heteroatoms. The summed E-state index contributed by atoms with van der Waals surface area (Å²) in [5, 5.41) is 21.8. The van der Waals surface area contributed by atoms with E-state index in [1.54, 1.807) is 23.9 Å². The van der Waals surface area contributed by atoms with Gasteiger partial charge in [0.15, 0.2) is 11.0 Å². The molecule has 3 heterocycles. The third kappa shape index (κ3) is 4.71. The highest BCUT2D eigenvalue weighted by atomic mass is 32.2. The van der Waals surface area contributed by atoms with Crippen LogP contribution in [0, 0.1) is 10.1 Å². The van der Waals surface area contributed by atoms with Crippen molar-refractivity contribution in [2.45, 2.75) is 30.6 Å². The number of nitrogens with one attached hydrogen (secondary N) is 1. The van der Waals surface area contributed by atoms with Crippen molar-refractivity contribution in [2.24, 2.45) is 0 Å². The lowest BCUT2D eigenvalue weighted by Gasteiger charge is -2.14. The van der Waals surface area contributed by atoms with Gasteiger partial charge in [-0.05, 0) is 25.0 Å². The largest absolute Gasteiger partial charge is 0.492 e. The van der Waals surface area contributed by atoms with E-state index in [9.17, 15) is 10.1 Å². The molecule has 0 radical (unpaired) electrons. The second kappa shape index (κ2) is 9.63. The zero-order valence-electron chi connectivity index (χ0n) is 17.8. The van der Waals surface area contributed by atoms with Crippen molar-refractivity contribution in [3.8, 4) is 17.1 Å². The summed E-state index contributed by atoms with van der Waals surface area (Å²) in [6.45, 7) is 1.87. The molecule has 1 saturated heterocycles. The molecule has 33 heavy (non-hydrogen) atoms. The average molecular weight is 466 g/mol. The highest BCUT2D eigenvalue weighted by Gasteiger charge is 2.23. The molecule has 1 atom stereocenters. The maximum Gasteiger partial charge on any atom is 0.273 e. The Morgan fingerprint density at radius 1 is 1.24 bits per heavy atom. The van der Waals surface area contributed by atoms with Gasteiger partial charge in [0.25, 0.3) is 5.69 Å². The molecular formula is C23H23N5O4S. The topological polar surface area (TPSA) is 108 Å². The fourth-order valence-corrected chi connectivity index (χ4v) is 4.75. The Hall–Kier alpha value is -3.37. The van der Waals surface area contributed by atoms with Crippen LogP contribution < -0.4 is 4.74 Å². The van der Waals surface area contributed by atoms with Gasteiger partial charge in [0.1, 0.15) is 5.75 Å². The van der Waals surface area contributed by atoms with Crippen LogP contribution in [-0.2, 0) is 11.3 Å². The van der Waals surface area contributed by atoms with Crippen molar-refractivity contribution in [3.05, 3.63) is 64.8 Å². The highest BCUT2D eigenvalue weighted by molar-refractivity contribution is 7.99. The number of hydrogen-bond acceptors (Lipinski definition) is 7. The molecule has 0 saturated carbocycles. The molecule has 1 aliphatic heterocycles. The van der Waals surface area contributed by atoms with Crippen LogP contribution in [0.4, 0.5) is 5.69 Å². The summed E-state index contributed by atoms with van der Waals surface area (Å²) < 4.78 is 13.7. The number of aromatic nitrogens is 4. The van der Waals surface area contributed by atoms with E-state index in [-0.39, 0.29) is 11.8 Å². The molecular weight excluding hydrogens is 442 g/mol. The number of H-pyrrole nitrogens is 1. The van der Waals surface area contributed by atoms with Gasteiger partial charge in [0.05, 0.1) is 30.2 Å². The molecule has 4 aromatic rings. The van der Waals surface area contributed by atoms with Gasteiger partial charge in [-0.25, -0.2) is 0 Å². The Balaban J connectivity index is 1.32. The number of non-ortho nitro benzene ring substituents is 1. The molecule has 1 fully saturated rings. The summed E-state index contributed by atoms with van der Waals surface area (Å²) in [6.07, 6.45) is 4.20. The first-order valence-electron chi connectivity index (χ1n) is 10.8. The molecule has 0 amide bonds. The smallest absolute Gasteiger partial charge is 0.273 e. The van der Waals surface area contributed by atoms with Crippen molar-refractivity contribution < 1.29 is 14.4 Å². The van der Waals surface area contributed by atoms with Crippen LogP contribution >= 0.6 is 11.8 Å². The number of benzene rings is 2. The summed E-state index contributed by atoms with van der Waals surface area (Å²) in [5.74, 6) is 1.91. The highest BCUT2D eigenvalue weighted by Crippen LogP contribution is 2.31. The third-order valence-electron chi connectivity index (χ3n) is 5.57. The van der Waals surface area contributed by atoms with E-state index in [4.69, 9.17) is 9.47 Å². The minimum Gasteiger partial charge on any atom is -0.492 e. The molecule has 1 unspecified atom stereocenters. The van der Waals surface area contributed by atoms with Crippen molar-refractivity contribution in [1.82, 2.24) is 19.7 Å². The SMILES string of the molecule is O=[N+]([O-])c1cccc(OCCSc2nnc(-c3c[nH]c4ccccc34)n2CC2CCCO2)c1. The monoisotopic (exact) mass is 465 g/mol. The first-order valence-corrected chi connectivity index (χ1v) is 11.8. The maximum absolute atomic E-state index is 10.9. The van der Waals surface area contributed by atoms with Gasteiger partial charge in [0.2, 0.25) is 0 Å².